The van der Waals surface area contributed by atoms with Crippen LogP contribution in [0.5, 0.6) is 0 Å². The van der Waals surface area contributed by atoms with Gasteiger partial charge in [0.25, 0.3) is 10.2 Å². The van der Waals surface area contributed by atoms with E-state index in [0.717, 1.165) is 25.7 Å². The van der Waals surface area contributed by atoms with Crippen LogP contribution in [0.2, 0.25) is 0 Å². The lowest BCUT2D eigenvalue weighted by molar-refractivity contribution is 0.0650. The first-order valence-electron chi connectivity index (χ1n) is 7.43. The van der Waals surface area contributed by atoms with Gasteiger partial charge in [-0.2, -0.15) is 12.7 Å². The molecular formula is C13H27N3O3S. The van der Waals surface area contributed by atoms with E-state index in [2.05, 4.69) is 9.62 Å². The minimum absolute atomic E-state index is 0.00348. The fourth-order valence-electron chi connectivity index (χ4n) is 3.02. The molecule has 7 heteroatoms. The second-order valence-corrected chi connectivity index (χ2v) is 8.08. The summed E-state index contributed by atoms with van der Waals surface area (Å²) in [6, 6.07) is 0. The maximum Gasteiger partial charge on any atom is 0.279 e. The molecule has 2 aliphatic rings. The lowest BCUT2D eigenvalue weighted by atomic mass is 9.76. The first-order valence-corrected chi connectivity index (χ1v) is 8.87. The smallest absolute Gasteiger partial charge is 0.279 e. The van der Waals surface area contributed by atoms with Crippen LogP contribution in [0.15, 0.2) is 0 Å². The predicted molar refractivity (Wildman–Crippen MR) is 78.6 cm³/mol. The molecule has 1 aliphatic heterocycles. The largest absolute Gasteiger partial charge is 0.396 e. The Morgan fingerprint density at radius 1 is 1.30 bits per heavy atom. The third kappa shape index (κ3) is 3.33. The number of aliphatic hydroxyl groups excluding tert-OH is 1. The second-order valence-electron chi connectivity index (χ2n) is 6.32. The summed E-state index contributed by atoms with van der Waals surface area (Å²) in [5.74, 6) is 0.251. The first-order chi connectivity index (χ1) is 9.39. The predicted octanol–water partition coefficient (Wildman–Crippen LogP) is 0.00940. The van der Waals surface area contributed by atoms with E-state index in [-0.39, 0.29) is 18.1 Å². The van der Waals surface area contributed by atoms with Gasteiger partial charge in [-0.1, -0.05) is 0 Å². The van der Waals surface area contributed by atoms with Crippen molar-refractivity contribution >= 4 is 10.2 Å². The molecule has 118 valence electrons. The minimum atomic E-state index is -3.38. The van der Waals surface area contributed by atoms with Gasteiger partial charge >= 0.3 is 0 Å². The highest BCUT2D eigenvalue weighted by Gasteiger charge is 2.40. The average Bonchev–Trinajstić information content (AvgIpc) is 2.37. The van der Waals surface area contributed by atoms with Crippen LogP contribution < -0.4 is 4.72 Å². The number of nitrogens with zero attached hydrogens (tertiary/aromatic N) is 2. The summed E-state index contributed by atoms with van der Waals surface area (Å²) in [6.45, 7) is 1.67. The molecule has 0 spiro atoms. The van der Waals surface area contributed by atoms with Crippen LogP contribution in [0.1, 0.15) is 32.1 Å². The van der Waals surface area contributed by atoms with Crippen molar-refractivity contribution in [2.75, 3.05) is 40.3 Å². The molecule has 1 saturated carbocycles. The summed E-state index contributed by atoms with van der Waals surface area (Å²) >= 11 is 0. The zero-order valence-electron chi connectivity index (χ0n) is 12.5. The maximum absolute atomic E-state index is 12.3. The van der Waals surface area contributed by atoms with Gasteiger partial charge in [0.05, 0.1) is 0 Å². The summed E-state index contributed by atoms with van der Waals surface area (Å²) < 4.78 is 28.9. The zero-order valence-corrected chi connectivity index (χ0v) is 13.3. The Labute approximate surface area is 122 Å². The number of likely N-dealkylation sites (N-methyl/N-ethyl adjacent to an activating group) is 1. The molecule has 2 rings (SSSR count). The lowest BCUT2D eigenvalue weighted by Crippen LogP contribution is -2.58. The number of hydrogen-bond donors (Lipinski definition) is 2. The standard InChI is InChI=1S/C13H27N3O3S/c1-15(2)13(6-3-7-13)11-14-20(18,19)16-8-4-12(10-17)5-9-16/h12,14,17H,3-11H2,1-2H3. The lowest BCUT2D eigenvalue weighted by Gasteiger charge is -2.47. The van der Waals surface area contributed by atoms with Crippen LogP contribution in [0.25, 0.3) is 0 Å². The van der Waals surface area contributed by atoms with Crippen LogP contribution in [0.3, 0.4) is 0 Å². The number of piperidine rings is 1. The third-order valence-corrected chi connectivity index (χ3v) is 6.54. The molecule has 6 nitrogen and oxygen atoms in total. The molecule has 20 heavy (non-hydrogen) atoms. The molecule has 0 aromatic carbocycles. The van der Waals surface area contributed by atoms with Crippen LogP contribution in [-0.2, 0) is 10.2 Å². The first kappa shape index (κ1) is 16.2. The van der Waals surface area contributed by atoms with E-state index >= 15 is 0 Å². The third-order valence-electron chi connectivity index (χ3n) is 4.99. The van der Waals surface area contributed by atoms with E-state index in [1.807, 2.05) is 14.1 Å². The molecule has 1 heterocycles. The average molecular weight is 305 g/mol. The molecule has 1 saturated heterocycles. The SMILES string of the molecule is CN(C)C1(CNS(=O)(=O)N2CCC(CO)CC2)CCC1. The Balaban J connectivity index is 1.88. The molecular weight excluding hydrogens is 278 g/mol. The highest BCUT2D eigenvalue weighted by Crippen LogP contribution is 2.35. The number of hydrogen-bond acceptors (Lipinski definition) is 4. The van der Waals surface area contributed by atoms with Gasteiger partial charge in [0, 0.05) is 31.8 Å². The molecule has 2 fully saturated rings. The summed E-state index contributed by atoms with van der Waals surface area (Å²) in [4.78, 5) is 2.14. The summed E-state index contributed by atoms with van der Waals surface area (Å²) in [5, 5.41) is 9.10. The Hall–Kier alpha value is -0.210. The fourth-order valence-corrected chi connectivity index (χ4v) is 4.34. The molecule has 0 unspecified atom stereocenters. The normalized spacial score (nSPS) is 24.8. The van der Waals surface area contributed by atoms with Crippen LogP contribution >= 0.6 is 0 Å². The van der Waals surface area contributed by atoms with Crippen molar-refractivity contribution in [3.63, 3.8) is 0 Å². The van der Waals surface area contributed by atoms with Crippen LogP contribution in [0, 0.1) is 5.92 Å². The molecule has 0 bridgehead atoms. The maximum atomic E-state index is 12.3. The molecule has 2 N–H and O–H groups in total. The van der Waals surface area contributed by atoms with E-state index in [1.54, 1.807) is 0 Å². The topological polar surface area (TPSA) is 72.9 Å². The number of rotatable bonds is 6. The van der Waals surface area contributed by atoms with Crippen molar-refractivity contribution in [3.8, 4) is 0 Å². The zero-order chi connectivity index (χ0) is 14.8. The van der Waals surface area contributed by atoms with Gasteiger partial charge in [-0.15, -0.1) is 0 Å². The Morgan fingerprint density at radius 3 is 2.30 bits per heavy atom. The summed E-state index contributed by atoms with van der Waals surface area (Å²) in [7, 11) is 0.645. The molecule has 0 amide bonds. The van der Waals surface area contributed by atoms with Gasteiger partial charge < -0.3 is 10.0 Å². The Kier molecular flexibility index (Phi) is 5.07. The summed E-state index contributed by atoms with van der Waals surface area (Å²) in [6.07, 6.45) is 4.76. The van der Waals surface area contributed by atoms with Crippen LogP contribution in [0.4, 0.5) is 0 Å². The van der Waals surface area contributed by atoms with Gasteiger partial charge in [0.1, 0.15) is 0 Å². The van der Waals surface area contributed by atoms with Crippen LogP contribution in [-0.4, -0.2) is 68.6 Å². The van der Waals surface area contributed by atoms with Crippen molar-refractivity contribution in [2.24, 2.45) is 5.92 Å². The van der Waals surface area contributed by atoms with E-state index in [0.29, 0.717) is 19.6 Å². The van der Waals surface area contributed by atoms with Crippen molar-refractivity contribution in [1.29, 1.82) is 0 Å². The highest BCUT2D eigenvalue weighted by molar-refractivity contribution is 7.87. The molecule has 0 atom stereocenters. The molecule has 0 aromatic heterocycles. The fraction of sp³-hybridized carbons (Fsp3) is 1.00. The van der Waals surface area contributed by atoms with Gasteiger partial charge in [0.2, 0.25) is 0 Å². The van der Waals surface area contributed by atoms with E-state index in [4.69, 9.17) is 5.11 Å². The number of aliphatic hydroxyl groups is 1. The highest BCUT2D eigenvalue weighted by atomic mass is 32.2. The van der Waals surface area contributed by atoms with Crippen molar-refractivity contribution < 1.29 is 13.5 Å². The van der Waals surface area contributed by atoms with Gasteiger partial charge in [-0.3, -0.25) is 0 Å². The minimum Gasteiger partial charge on any atom is -0.396 e. The molecule has 0 aromatic rings. The molecule has 1 aliphatic carbocycles. The van der Waals surface area contributed by atoms with Crippen molar-refractivity contribution in [2.45, 2.75) is 37.6 Å². The Morgan fingerprint density at radius 2 is 1.90 bits per heavy atom. The van der Waals surface area contributed by atoms with Gasteiger partial charge in [-0.05, 0) is 52.1 Å². The summed E-state index contributed by atoms with van der Waals surface area (Å²) in [5.41, 5.74) is -0.00348. The van der Waals surface area contributed by atoms with Crippen molar-refractivity contribution in [1.82, 2.24) is 13.9 Å². The quantitative estimate of drug-likeness (QED) is 0.725. The number of nitrogens with one attached hydrogen (secondary N) is 1. The monoisotopic (exact) mass is 305 g/mol. The van der Waals surface area contributed by atoms with E-state index in [1.165, 1.54) is 10.7 Å². The van der Waals surface area contributed by atoms with Crippen molar-refractivity contribution in [3.05, 3.63) is 0 Å². The van der Waals surface area contributed by atoms with Gasteiger partial charge in [0.15, 0.2) is 0 Å². The Bertz CT molecular complexity index is 413. The van der Waals surface area contributed by atoms with E-state index in [9.17, 15) is 8.42 Å². The second kappa shape index (κ2) is 6.27. The van der Waals surface area contributed by atoms with E-state index < -0.39 is 10.2 Å². The van der Waals surface area contributed by atoms with Gasteiger partial charge in [-0.25, -0.2) is 4.72 Å². The molecule has 0 radical (unpaired) electrons.